The molecule has 8 nitrogen and oxygen atoms in total. The first-order chi connectivity index (χ1) is 37.5. The molecule has 0 saturated carbocycles. The van der Waals surface area contributed by atoms with Crippen molar-refractivity contribution >= 4 is 13.7 Å². The molecule has 1 amide bonds. The predicted octanol–water partition coefficient (Wildman–Crippen LogP) is 20.6. The van der Waals surface area contributed by atoms with Crippen LogP contribution in [0.1, 0.15) is 303 Å². The first-order valence-corrected chi connectivity index (χ1v) is 34.3. The van der Waals surface area contributed by atoms with Gasteiger partial charge >= 0.3 is 7.82 Å². The van der Waals surface area contributed by atoms with Crippen LogP contribution in [-0.4, -0.2) is 73.4 Å². The van der Waals surface area contributed by atoms with E-state index in [0.29, 0.717) is 17.4 Å². The Hall–Kier alpha value is -2.06. The molecule has 0 bridgehead atoms. The number of carbonyl (C=O) groups excluding carboxylic acids is 1. The molecule has 0 saturated heterocycles. The van der Waals surface area contributed by atoms with Crippen molar-refractivity contribution in [2.45, 2.75) is 315 Å². The van der Waals surface area contributed by atoms with Crippen LogP contribution < -0.4 is 5.32 Å². The van der Waals surface area contributed by atoms with Crippen molar-refractivity contribution in [1.29, 1.82) is 0 Å². The van der Waals surface area contributed by atoms with Crippen LogP contribution in [0, 0.1) is 0 Å². The lowest BCUT2D eigenvalue weighted by molar-refractivity contribution is -0.870. The highest BCUT2D eigenvalue weighted by atomic mass is 31.2. The summed E-state index contributed by atoms with van der Waals surface area (Å²) >= 11 is 0. The van der Waals surface area contributed by atoms with E-state index in [1.807, 2.05) is 27.2 Å². The smallest absolute Gasteiger partial charge is 0.387 e. The van der Waals surface area contributed by atoms with Crippen LogP contribution in [0.2, 0.25) is 0 Å². The molecule has 0 aromatic carbocycles. The molecule has 3 atom stereocenters. The fraction of sp³-hybridized carbons (Fsp3) is 0.809. The summed E-state index contributed by atoms with van der Waals surface area (Å²) in [7, 11) is 1.55. The van der Waals surface area contributed by atoms with E-state index in [9.17, 15) is 19.4 Å². The zero-order valence-electron chi connectivity index (χ0n) is 51.4. The van der Waals surface area contributed by atoms with Gasteiger partial charge in [0.15, 0.2) is 0 Å². The van der Waals surface area contributed by atoms with Crippen LogP contribution in [0.5, 0.6) is 0 Å². The van der Waals surface area contributed by atoms with Crippen molar-refractivity contribution in [2.24, 2.45) is 0 Å². The molecule has 0 radical (unpaired) electrons. The molecule has 0 aromatic rings. The first kappa shape index (κ1) is 74.9. The average molecular weight is 1100 g/mol. The van der Waals surface area contributed by atoms with Gasteiger partial charge in [-0.25, -0.2) is 4.57 Å². The second-order valence-corrected chi connectivity index (χ2v) is 24.9. The Morgan fingerprint density at radius 1 is 0.442 bits per heavy atom. The quantitative estimate of drug-likeness (QED) is 0.0243. The van der Waals surface area contributed by atoms with E-state index in [4.69, 9.17) is 9.05 Å². The summed E-state index contributed by atoms with van der Waals surface area (Å²) in [6.45, 7) is 4.80. The molecule has 3 unspecified atom stereocenters. The molecule has 9 heteroatoms. The van der Waals surface area contributed by atoms with Crippen molar-refractivity contribution in [1.82, 2.24) is 5.32 Å². The van der Waals surface area contributed by atoms with E-state index < -0.39 is 20.0 Å². The van der Waals surface area contributed by atoms with Crippen LogP contribution in [0.15, 0.2) is 72.9 Å². The van der Waals surface area contributed by atoms with Gasteiger partial charge in [0.2, 0.25) is 5.91 Å². The van der Waals surface area contributed by atoms with Crippen molar-refractivity contribution < 1.29 is 32.9 Å². The standard InChI is InChI=1S/C68H127N2O6P/c1-6-8-10-12-14-16-18-20-22-24-26-28-29-30-31-32-33-34-35-36-37-38-39-40-41-42-44-46-48-50-52-54-56-58-60-62-68(72)69-66(65-76-77(73,74)75-64-63-70(3,4)5)67(71)61-59-57-55-53-51-49-47-45-43-27-25-23-21-19-17-15-13-11-9-7-2/h18,20,24,26,29-30,43,45,51,53,59,61,66-67,71H,6-17,19,21-23,25,27-28,31-42,44,46-50,52,54-58,60,62-65H2,1-5H3,(H-,69,72,73,74)/p+1/b20-18-,26-24-,30-29-,45-43+,53-51+,61-59+. The number of likely N-dealkylation sites (N-methyl/N-ethyl adjacent to an activating group) is 1. The molecule has 77 heavy (non-hydrogen) atoms. The van der Waals surface area contributed by atoms with Gasteiger partial charge in [-0.2, -0.15) is 0 Å². The summed E-state index contributed by atoms with van der Waals surface area (Å²) in [5, 5.41) is 13.9. The van der Waals surface area contributed by atoms with E-state index in [-0.39, 0.29) is 19.1 Å². The predicted molar refractivity (Wildman–Crippen MR) is 337 cm³/mol. The van der Waals surface area contributed by atoms with Crippen molar-refractivity contribution in [3.8, 4) is 0 Å². The number of rotatable bonds is 60. The SMILES string of the molecule is CCCCCCC/C=C\C/C=C\C/C=C\CCCCCCCCCCCCCCCCCCCCCCC(=O)NC(COP(=O)(O)OCC[N+](C)(C)C)C(O)/C=C/CC/C=C/CC/C=C/CCCCCCCCCCCC. The van der Waals surface area contributed by atoms with E-state index in [2.05, 4.69) is 79.9 Å². The summed E-state index contributed by atoms with van der Waals surface area (Å²) in [6.07, 6.45) is 81.8. The van der Waals surface area contributed by atoms with Gasteiger partial charge in [0.1, 0.15) is 13.2 Å². The highest BCUT2D eigenvalue weighted by Crippen LogP contribution is 2.43. The zero-order chi connectivity index (χ0) is 56.3. The summed E-state index contributed by atoms with van der Waals surface area (Å²) in [4.78, 5) is 23.4. The van der Waals surface area contributed by atoms with E-state index in [1.54, 1.807) is 6.08 Å². The number of amides is 1. The minimum absolute atomic E-state index is 0.0527. The molecule has 450 valence electrons. The van der Waals surface area contributed by atoms with Crippen LogP contribution in [0.4, 0.5) is 0 Å². The Morgan fingerprint density at radius 3 is 1.13 bits per heavy atom. The Morgan fingerprint density at radius 2 is 0.753 bits per heavy atom. The topological polar surface area (TPSA) is 105 Å². The summed E-state index contributed by atoms with van der Waals surface area (Å²) in [6, 6.07) is -0.872. The third-order valence-corrected chi connectivity index (χ3v) is 15.6. The summed E-state index contributed by atoms with van der Waals surface area (Å²) in [5.74, 6) is -0.188. The van der Waals surface area contributed by atoms with Crippen LogP contribution in [0.3, 0.4) is 0 Å². The number of aliphatic hydroxyl groups is 1. The number of nitrogens with zero attached hydrogens (tertiary/aromatic N) is 1. The Kier molecular flexibility index (Phi) is 57.0. The average Bonchev–Trinajstić information content (AvgIpc) is 3.39. The molecule has 0 rings (SSSR count). The number of nitrogens with one attached hydrogen (secondary N) is 1. The van der Waals surface area contributed by atoms with Gasteiger partial charge in [0, 0.05) is 6.42 Å². The molecule has 3 N–H and O–H groups in total. The Balaban J connectivity index is 4.08. The number of hydrogen-bond acceptors (Lipinski definition) is 5. The van der Waals surface area contributed by atoms with Gasteiger partial charge in [0.05, 0.1) is 39.9 Å². The second-order valence-electron chi connectivity index (χ2n) is 23.5. The van der Waals surface area contributed by atoms with Gasteiger partial charge in [-0.05, 0) is 83.5 Å². The number of carbonyl (C=O) groups is 1. The maximum atomic E-state index is 13.0. The molecule has 0 heterocycles. The Bertz CT molecular complexity index is 1480. The lowest BCUT2D eigenvalue weighted by Crippen LogP contribution is -2.45. The lowest BCUT2D eigenvalue weighted by Gasteiger charge is -2.25. The molecule has 0 aliphatic rings. The minimum atomic E-state index is -4.36. The van der Waals surface area contributed by atoms with Crippen LogP contribution >= 0.6 is 7.82 Å². The highest BCUT2D eigenvalue weighted by molar-refractivity contribution is 7.47. The minimum Gasteiger partial charge on any atom is -0.387 e. The fourth-order valence-electron chi connectivity index (χ4n) is 9.50. The molecule has 0 aromatic heterocycles. The Labute approximate surface area is 478 Å². The first-order valence-electron chi connectivity index (χ1n) is 32.8. The number of quaternary nitrogens is 1. The number of phosphoric ester groups is 1. The highest BCUT2D eigenvalue weighted by Gasteiger charge is 2.27. The van der Waals surface area contributed by atoms with E-state index in [0.717, 1.165) is 57.8 Å². The third-order valence-electron chi connectivity index (χ3n) is 14.6. The van der Waals surface area contributed by atoms with Gasteiger partial charge in [-0.3, -0.25) is 13.8 Å². The molecule has 0 aliphatic carbocycles. The van der Waals surface area contributed by atoms with Crippen LogP contribution in [-0.2, 0) is 18.4 Å². The second kappa shape index (κ2) is 58.6. The molecule has 0 spiro atoms. The number of allylic oxidation sites excluding steroid dienone is 11. The maximum Gasteiger partial charge on any atom is 0.472 e. The molecule has 0 aliphatic heterocycles. The molecular formula is C68H128N2O6P+. The summed E-state index contributed by atoms with van der Waals surface area (Å²) in [5.41, 5.74) is 0. The van der Waals surface area contributed by atoms with Crippen molar-refractivity contribution in [3.63, 3.8) is 0 Å². The third kappa shape index (κ3) is 61.4. The van der Waals surface area contributed by atoms with Crippen LogP contribution in [0.25, 0.3) is 0 Å². The van der Waals surface area contributed by atoms with Crippen molar-refractivity contribution in [2.75, 3.05) is 40.9 Å². The normalized spacial score (nSPS) is 14.2. The largest absolute Gasteiger partial charge is 0.472 e. The van der Waals surface area contributed by atoms with Crippen molar-refractivity contribution in [3.05, 3.63) is 72.9 Å². The molecule has 0 fully saturated rings. The van der Waals surface area contributed by atoms with E-state index in [1.165, 1.54) is 225 Å². The fourth-order valence-corrected chi connectivity index (χ4v) is 10.2. The van der Waals surface area contributed by atoms with Gasteiger partial charge in [-0.1, -0.05) is 286 Å². The lowest BCUT2D eigenvalue weighted by atomic mass is 10.0. The number of unbranched alkanes of at least 4 members (excludes halogenated alkanes) is 37. The number of aliphatic hydroxyl groups excluding tert-OH is 1. The van der Waals surface area contributed by atoms with Gasteiger partial charge < -0.3 is 19.8 Å². The van der Waals surface area contributed by atoms with Gasteiger partial charge in [0.25, 0.3) is 0 Å². The number of hydrogen-bond donors (Lipinski definition) is 3. The maximum absolute atomic E-state index is 13.0. The zero-order valence-corrected chi connectivity index (χ0v) is 52.3. The van der Waals surface area contributed by atoms with E-state index >= 15 is 0 Å². The van der Waals surface area contributed by atoms with Gasteiger partial charge in [-0.15, -0.1) is 0 Å². The summed E-state index contributed by atoms with van der Waals surface area (Å²) < 4.78 is 23.7. The monoisotopic (exact) mass is 1100 g/mol. The molecular weight excluding hydrogens is 972 g/mol. The number of phosphoric acid groups is 1.